The highest BCUT2D eigenvalue weighted by Gasteiger charge is 2.37. The molecule has 0 bridgehead atoms. The number of imidazole rings is 1. The Morgan fingerprint density at radius 3 is 2.56 bits per heavy atom. The summed E-state index contributed by atoms with van der Waals surface area (Å²) in [5, 5.41) is 11.3. The molecule has 1 aliphatic carbocycles. The van der Waals surface area contributed by atoms with Gasteiger partial charge in [-0.1, -0.05) is 27.2 Å². The smallest absolute Gasteiger partial charge is 0.327 e. The molecule has 0 aliphatic heterocycles. The Bertz CT molecular complexity index is 1260. The van der Waals surface area contributed by atoms with Crippen LogP contribution in [0.15, 0.2) is 23.1 Å². The monoisotopic (exact) mass is 522 g/mol. The van der Waals surface area contributed by atoms with E-state index in [1.54, 1.807) is 13.8 Å². The summed E-state index contributed by atoms with van der Waals surface area (Å²) < 4.78 is 35.3. The Morgan fingerprint density at radius 2 is 2.00 bits per heavy atom. The predicted molar refractivity (Wildman–Crippen MR) is 135 cm³/mol. The molecule has 2 aromatic rings. The first-order chi connectivity index (χ1) is 16.7. The van der Waals surface area contributed by atoms with Gasteiger partial charge in [-0.25, -0.2) is 22.4 Å². The molecule has 1 aliphatic rings. The Hall–Kier alpha value is -3.35. The number of nitro groups is 1. The first kappa shape index (κ1) is 27.2. The molecular weight excluding hydrogens is 488 g/mol. The summed E-state index contributed by atoms with van der Waals surface area (Å²) in [7, 11) is -4.57. The van der Waals surface area contributed by atoms with Crippen molar-refractivity contribution in [2.75, 3.05) is 22.4 Å². The average molecular weight is 523 g/mol. The van der Waals surface area contributed by atoms with Gasteiger partial charge in [-0.05, 0) is 50.5 Å². The molecule has 12 nitrogen and oxygen atoms in total. The van der Waals surface area contributed by atoms with E-state index >= 15 is 0 Å². The number of non-ortho nitro benzene ring substituents is 1. The van der Waals surface area contributed by atoms with E-state index < -0.39 is 38.0 Å². The molecule has 0 radical (unpaired) electrons. The highest BCUT2D eigenvalue weighted by atomic mass is 32.2. The number of esters is 1. The lowest BCUT2D eigenvalue weighted by Gasteiger charge is -2.37. The topological polar surface area (TPSA) is 177 Å². The number of nitrogens with two attached hydrogens (primary N) is 2. The van der Waals surface area contributed by atoms with Crippen molar-refractivity contribution >= 4 is 33.2 Å². The van der Waals surface area contributed by atoms with Gasteiger partial charge < -0.3 is 16.3 Å². The molecule has 3 rings (SSSR count). The second-order valence-electron chi connectivity index (χ2n) is 9.78. The molecule has 0 amide bonds. The van der Waals surface area contributed by atoms with Gasteiger partial charge in [-0.3, -0.25) is 14.9 Å². The zero-order valence-corrected chi connectivity index (χ0v) is 22.0. The van der Waals surface area contributed by atoms with Crippen LogP contribution in [0.5, 0.6) is 0 Å². The molecule has 0 saturated heterocycles. The van der Waals surface area contributed by atoms with Crippen molar-refractivity contribution in [3.8, 4) is 0 Å². The van der Waals surface area contributed by atoms with Crippen LogP contribution in [-0.4, -0.2) is 41.6 Å². The van der Waals surface area contributed by atoms with Gasteiger partial charge in [-0.15, -0.1) is 0 Å². The third-order valence-electron chi connectivity index (χ3n) is 6.83. The fraction of sp³-hybridized carbons (Fsp3) is 0.565. The van der Waals surface area contributed by atoms with Crippen LogP contribution in [0.25, 0.3) is 0 Å². The number of anilines is 2. The standard InChI is InChI=1S/C23H34N6O6S/c1-13(2)18-8-6-14(3)10-20(18)35-22(30)12-27(23-15(4)28(25)16(5)26-23)36(33,34)21-11-17(29(31)32)7-9-19(21)24/h7,9,11,13-14,18,20H,6,8,10,12,24-25H2,1-5H3/t14-,18+,20-/m0/s1. The van der Waals surface area contributed by atoms with Gasteiger partial charge in [0.1, 0.15) is 23.4 Å². The number of rotatable bonds is 8. The Kier molecular flexibility index (Phi) is 7.82. The summed E-state index contributed by atoms with van der Waals surface area (Å²) in [6.45, 7) is 8.68. The Balaban J connectivity index is 2.02. The Morgan fingerprint density at radius 1 is 1.33 bits per heavy atom. The van der Waals surface area contributed by atoms with E-state index in [1.165, 1.54) is 4.68 Å². The third kappa shape index (κ3) is 5.40. The van der Waals surface area contributed by atoms with Crippen LogP contribution >= 0.6 is 0 Å². The van der Waals surface area contributed by atoms with Crippen LogP contribution in [0.3, 0.4) is 0 Å². The lowest BCUT2D eigenvalue weighted by molar-refractivity contribution is -0.385. The lowest BCUT2D eigenvalue weighted by Crippen LogP contribution is -2.41. The number of carbonyl (C=O) groups is 1. The van der Waals surface area contributed by atoms with E-state index in [9.17, 15) is 23.3 Å². The molecule has 1 saturated carbocycles. The van der Waals surface area contributed by atoms with E-state index in [0.29, 0.717) is 18.2 Å². The lowest BCUT2D eigenvalue weighted by atomic mass is 9.75. The van der Waals surface area contributed by atoms with Crippen LogP contribution < -0.4 is 15.9 Å². The normalized spacial score (nSPS) is 20.3. The average Bonchev–Trinajstić information content (AvgIpc) is 3.04. The quantitative estimate of drug-likeness (QED) is 0.173. The minimum Gasteiger partial charge on any atom is -0.461 e. The summed E-state index contributed by atoms with van der Waals surface area (Å²) in [6.07, 6.45) is 2.30. The van der Waals surface area contributed by atoms with Crippen molar-refractivity contribution in [3.05, 3.63) is 39.8 Å². The highest BCUT2D eigenvalue weighted by molar-refractivity contribution is 7.93. The van der Waals surface area contributed by atoms with Gasteiger partial charge in [0.2, 0.25) is 0 Å². The zero-order valence-electron chi connectivity index (χ0n) is 21.2. The number of nitro benzene ring substituents is 1. The number of benzene rings is 1. The first-order valence-electron chi connectivity index (χ1n) is 11.8. The highest BCUT2D eigenvalue weighted by Crippen LogP contribution is 2.36. The summed E-state index contributed by atoms with van der Waals surface area (Å²) in [5.41, 5.74) is 5.53. The molecule has 0 spiro atoms. The molecule has 1 aromatic heterocycles. The summed E-state index contributed by atoms with van der Waals surface area (Å²) in [6, 6.07) is 3.10. The van der Waals surface area contributed by atoms with Crippen LogP contribution in [0.1, 0.15) is 51.6 Å². The largest absolute Gasteiger partial charge is 0.461 e. The summed E-state index contributed by atoms with van der Waals surface area (Å²) in [5.74, 6) is 6.26. The number of nitrogens with zero attached hydrogens (tertiary/aromatic N) is 4. The number of sulfonamides is 1. The number of hydrogen-bond donors (Lipinski definition) is 2. The van der Waals surface area contributed by atoms with Crippen LogP contribution in [-0.2, 0) is 19.6 Å². The van der Waals surface area contributed by atoms with E-state index in [2.05, 4.69) is 25.8 Å². The van der Waals surface area contributed by atoms with Crippen molar-refractivity contribution < 1.29 is 22.9 Å². The van der Waals surface area contributed by atoms with Crippen molar-refractivity contribution in [3.63, 3.8) is 0 Å². The maximum Gasteiger partial charge on any atom is 0.327 e. The molecule has 1 fully saturated rings. The molecule has 13 heteroatoms. The Labute approximate surface area is 210 Å². The second kappa shape index (κ2) is 10.3. The summed E-state index contributed by atoms with van der Waals surface area (Å²) >= 11 is 0. The van der Waals surface area contributed by atoms with E-state index in [4.69, 9.17) is 16.3 Å². The van der Waals surface area contributed by atoms with Crippen LogP contribution in [0.2, 0.25) is 0 Å². The second-order valence-corrected chi connectivity index (χ2v) is 11.6. The fourth-order valence-electron chi connectivity index (χ4n) is 4.70. The van der Waals surface area contributed by atoms with Gasteiger partial charge in [-0.2, -0.15) is 0 Å². The molecule has 0 unspecified atom stereocenters. The molecule has 198 valence electrons. The van der Waals surface area contributed by atoms with Gasteiger partial charge in [0.25, 0.3) is 15.7 Å². The molecule has 1 aromatic carbocycles. The molecule has 1 heterocycles. The predicted octanol–water partition coefficient (Wildman–Crippen LogP) is 2.90. The summed E-state index contributed by atoms with van der Waals surface area (Å²) in [4.78, 5) is 27.5. The van der Waals surface area contributed by atoms with Gasteiger partial charge >= 0.3 is 5.97 Å². The van der Waals surface area contributed by atoms with E-state index in [1.807, 2.05) is 0 Å². The van der Waals surface area contributed by atoms with Gasteiger partial charge in [0.15, 0.2) is 5.82 Å². The van der Waals surface area contributed by atoms with Crippen LogP contribution in [0, 0.1) is 41.7 Å². The molecule has 4 N–H and O–H groups in total. The first-order valence-corrected chi connectivity index (χ1v) is 13.2. The number of aryl methyl sites for hydroxylation is 1. The minimum absolute atomic E-state index is 0.0877. The third-order valence-corrected chi connectivity index (χ3v) is 8.62. The van der Waals surface area contributed by atoms with Gasteiger partial charge in [0.05, 0.1) is 16.3 Å². The van der Waals surface area contributed by atoms with Crippen molar-refractivity contribution in [2.45, 2.75) is 64.9 Å². The minimum atomic E-state index is -4.57. The van der Waals surface area contributed by atoms with E-state index in [-0.39, 0.29) is 35.1 Å². The molecule has 3 atom stereocenters. The van der Waals surface area contributed by atoms with Gasteiger partial charge in [0, 0.05) is 12.1 Å². The fourth-order valence-corrected chi connectivity index (χ4v) is 6.25. The SMILES string of the molecule is Cc1nc(N(CC(=O)O[C@H]2C[C@@H](C)CC[C@@H]2C(C)C)S(=O)(=O)c2cc([N+](=O)[O-])ccc2N)c(C)n1N. The number of hydrogen-bond acceptors (Lipinski definition) is 9. The number of ether oxygens (including phenoxy) is 1. The maximum atomic E-state index is 13.8. The van der Waals surface area contributed by atoms with Crippen LogP contribution in [0.4, 0.5) is 17.2 Å². The number of nitrogen functional groups attached to an aromatic ring is 2. The number of aromatic nitrogens is 2. The zero-order chi connectivity index (χ0) is 26.9. The van der Waals surface area contributed by atoms with E-state index in [0.717, 1.165) is 35.3 Å². The van der Waals surface area contributed by atoms with Crippen molar-refractivity contribution in [2.24, 2.45) is 17.8 Å². The van der Waals surface area contributed by atoms with Crippen molar-refractivity contribution in [1.82, 2.24) is 9.66 Å². The van der Waals surface area contributed by atoms with Crippen molar-refractivity contribution in [1.29, 1.82) is 0 Å². The molecular formula is C23H34N6O6S. The number of carbonyl (C=O) groups excluding carboxylic acids is 1. The maximum absolute atomic E-state index is 13.8. The molecule has 36 heavy (non-hydrogen) atoms.